The van der Waals surface area contributed by atoms with Crippen LogP contribution in [0, 0.1) is 5.82 Å². The number of pyridine rings is 1. The molecule has 0 aliphatic rings. The lowest BCUT2D eigenvalue weighted by molar-refractivity contribution is 0.0190. The minimum absolute atomic E-state index is 0.0611. The number of hydrogen-bond acceptors (Lipinski definition) is 4. The molecule has 6 heteroatoms. The summed E-state index contributed by atoms with van der Waals surface area (Å²) in [5.41, 5.74) is 2.20. The monoisotopic (exact) mass is 422 g/mol. The van der Waals surface area contributed by atoms with Gasteiger partial charge in [0.15, 0.2) is 11.6 Å². The fourth-order valence-corrected chi connectivity index (χ4v) is 3.14. The highest BCUT2D eigenvalue weighted by molar-refractivity contribution is 5.93. The van der Waals surface area contributed by atoms with Crippen molar-refractivity contribution < 1.29 is 18.7 Å². The molecule has 1 unspecified atom stereocenters. The number of para-hydroxylation sites is 1. The summed E-state index contributed by atoms with van der Waals surface area (Å²) in [6, 6.07) is 17.0. The van der Waals surface area contributed by atoms with Crippen LogP contribution < -0.4 is 10.1 Å². The molecule has 3 aromatic rings. The van der Waals surface area contributed by atoms with Gasteiger partial charge in [-0.2, -0.15) is 0 Å². The molecule has 1 atom stereocenters. The SMILES string of the molecule is CC(C)OC(C)Cc1ccc(C(=O)NCc2cccc(Oc3ccccc3F)c2)cn1. The molecule has 0 bridgehead atoms. The normalized spacial score (nSPS) is 11.9. The summed E-state index contributed by atoms with van der Waals surface area (Å²) in [6.45, 7) is 6.32. The van der Waals surface area contributed by atoms with Gasteiger partial charge in [-0.15, -0.1) is 0 Å². The average molecular weight is 423 g/mol. The summed E-state index contributed by atoms with van der Waals surface area (Å²) in [5, 5.41) is 2.87. The Bertz CT molecular complexity index is 1010. The standard InChI is InChI=1S/C25H27FN2O3/c1-17(2)30-18(3)13-21-12-11-20(16-27-21)25(29)28-15-19-7-6-8-22(14-19)31-24-10-5-4-9-23(24)26/h4-12,14,16-18H,13,15H2,1-3H3,(H,28,29). The van der Waals surface area contributed by atoms with Gasteiger partial charge in [0.1, 0.15) is 5.75 Å². The summed E-state index contributed by atoms with van der Waals surface area (Å²) >= 11 is 0. The van der Waals surface area contributed by atoms with E-state index in [0.717, 1.165) is 11.3 Å². The van der Waals surface area contributed by atoms with E-state index in [1.54, 1.807) is 48.7 Å². The molecular formula is C25H27FN2O3. The molecule has 1 amide bonds. The van der Waals surface area contributed by atoms with E-state index in [2.05, 4.69) is 10.3 Å². The maximum absolute atomic E-state index is 13.8. The summed E-state index contributed by atoms with van der Waals surface area (Å²) in [6.07, 6.45) is 2.49. The predicted molar refractivity (Wildman–Crippen MR) is 118 cm³/mol. The van der Waals surface area contributed by atoms with E-state index in [1.165, 1.54) is 6.07 Å². The minimum atomic E-state index is -0.428. The maximum atomic E-state index is 13.8. The quantitative estimate of drug-likeness (QED) is 0.508. The van der Waals surface area contributed by atoms with Gasteiger partial charge in [0, 0.05) is 24.9 Å². The lowest BCUT2D eigenvalue weighted by Crippen LogP contribution is -2.23. The summed E-state index contributed by atoms with van der Waals surface area (Å²) in [7, 11) is 0. The summed E-state index contributed by atoms with van der Waals surface area (Å²) < 4.78 is 25.1. The van der Waals surface area contributed by atoms with Gasteiger partial charge in [0.2, 0.25) is 0 Å². The fourth-order valence-electron chi connectivity index (χ4n) is 3.14. The lowest BCUT2D eigenvalue weighted by atomic mass is 10.1. The fraction of sp³-hybridized carbons (Fsp3) is 0.280. The van der Waals surface area contributed by atoms with Crippen LogP contribution in [-0.4, -0.2) is 23.1 Å². The van der Waals surface area contributed by atoms with Crippen molar-refractivity contribution in [2.24, 2.45) is 0 Å². The average Bonchev–Trinajstić information content (AvgIpc) is 2.74. The molecule has 0 fully saturated rings. The molecule has 31 heavy (non-hydrogen) atoms. The Morgan fingerprint density at radius 2 is 1.87 bits per heavy atom. The van der Waals surface area contributed by atoms with E-state index in [9.17, 15) is 9.18 Å². The van der Waals surface area contributed by atoms with Crippen LogP contribution in [0.4, 0.5) is 4.39 Å². The molecule has 0 radical (unpaired) electrons. The number of hydrogen-bond donors (Lipinski definition) is 1. The van der Waals surface area contributed by atoms with Gasteiger partial charge >= 0.3 is 0 Å². The number of aromatic nitrogens is 1. The van der Waals surface area contributed by atoms with Crippen molar-refractivity contribution in [3.8, 4) is 11.5 Å². The number of amides is 1. The molecule has 0 saturated carbocycles. The number of nitrogens with zero attached hydrogens (tertiary/aromatic N) is 1. The van der Waals surface area contributed by atoms with Crippen LogP contribution in [0.1, 0.15) is 42.4 Å². The second-order valence-corrected chi connectivity index (χ2v) is 7.60. The van der Waals surface area contributed by atoms with E-state index in [4.69, 9.17) is 9.47 Å². The Morgan fingerprint density at radius 1 is 1.06 bits per heavy atom. The Morgan fingerprint density at radius 3 is 2.58 bits per heavy atom. The highest BCUT2D eigenvalue weighted by Gasteiger charge is 2.10. The topological polar surface area (TPSA) is 60.5 Å². The van der Waals surface area contributed by atoms with Crippen LogP contribution in [0.2, 0.25) is 0 Å². The second kappa shape index (κ2) is 10.7. The van der Waals surface area contributed by atoms with E-state index >= 15 is 0 Å². The molecule has 162 valence electrons. The number of rotatable bonds is 9. The van der Waals surface area contributed by atoms with Crippen molar-refractivity contribution >= 4 is 5.91 Å². The van der Waals surface area contributed by atoms with Gasteiger partial charge in [0.25, 0.3) is 5.91 Å². The van der Waals surface area contributed by atoms with Crippen LogP contribution in [0.3, 0.4) is 0 Å². The second-order valence-electron chi connectivity index (χ2n) is 7.60. The molecule has 1 aromatic heterocycles. The number of carbonyl (C=O) groups is 1. The predicted octanol–water partition coefficient (Wildman–Crippen LogP) is 5.30. The first-order valence-electron chi connectivity index (χ1n) is 10.3. The van der Waals surface area contributed by atoms with Crippen molar-refractivity contribution in [3.05, 3.63) is 89.5 Å². The molecular weight excluding hydrogens is 395 g/mol. The van der Waals surface area contributed by atoms with E-state index < -0.39 is 5.82 Å². The molecule has 5 nitrogen and oxygen atoms in total. The molecule has 3 rings (SSSR count). The van der Waals surface area contributed by atoms with Gasteiger partial charge in [-0.1, -0.05) is 24.3 Å². The zero-order valence-electron chi connectivity index (χ0n) is 18.0. The molecule has 1 N–H and O–H groups in total. The Hall–Kier alpha value is -3.25. The third-order valence-electron chi connectivity index (χ3n) is 4.50. The highest BCUT2D eigenvalue weighted by Crippen LogP contribution is 2.24. The van der Waals surface area contributed by atoms with E-state index in [1.807, 2.05) is 32.9 Å². The zero-order chi connectivity index (χ0) is 22.2. The van der Waals surface area contributed by atoms with Crippen LogP contribution in [-0.2, 0) is 17.7 Å². The van der Waals surface area contributed by atoms with Crippen molar-refractivity contribution in [2.75, 3.05) is 0 Å². The smallest absolute Gasteiger partial charge is 0.253 e. The van der Waals surface area contributed by atoms with Crippen LogP contribution in [0.15, 0.2) is 66.9 Å². The minimum Gasteiger partial charge on any atom is -0.454 e. The van der Waals surface area contributed by atoms with E-state index in [-0.39, 0.29) is 23.9 Å². The third kappa shape index (κ3) is 6.89. The zero-order valence-corrected chi connectivity index (χ0v) is 18.0. The van der Waals surface area contributed by atoms with Gasteiger partial charge in [0.05, 0.1) is 17.8 Å². The molecule has 1 heterocycles. The van der Waals surface area contributed by atoms with Crippen LogP contribution >= 0.6 is 0 Å². The lowest BCUT2D eigenvalue weighted by Gasteiger charge is -2.15. The third-order valence-corrected chi connectivity index (χ3v) is 4.50. The Kier molecular flexibility index (Phi) is 7.73. The maximum Gasteiger partial charge on any atom is 0.253 e. The number of halogens is 1. The van der Waals surface area contributed by atoms with Gasteiger partial charge < -0.3 is 14.8 Å². The van der Waals surface area contributed by atoms with E-state index in [0.29, 0.717) is 24.3 Å². The Labute approximate surface area is 182 Å². The van der Waals surface area contributed by atoms with Crippen LogP contribution in [0.5, 0.6) is 11.5 Å². The van der Waals surface area contributed by atoms with Gasteiger partial charge in [-0.3, -0.25) is 9.78 Å². The number of benzene rings is 2. The number of ether oxygens (including phenoxy) is 2. The summed E-state index contributed by atoms with van der Waals surface area (Å²) in [4.78, 5) is 16.8. The first-order chi connectivity index (χ1) is 14.9. The largest absolute Gasteiger partial charge is 0.454 e. The first kappa shape index (κ1) is 22.4. The number of carbonyl (C=O) groups excluding carboxylic acids is 1. The molecule has 0 aliphatic heterocycles. The molecule has 0 saturated heterocycles. The molecule has 0 aliphatic carbocycles. The Balaban J connectivity index is 1.55. The van der Waals surface area contributed by atoms with Crippen molar-refractivity contribution in [2.45, 2.75) is 45.9 Å². The molecule has 0 spiro atoms. The molecule has 2 aromatic carbocycles. The van der Waals surface area contributed by atoms with Gasteiger partial charge in [-0.05, 0) is 62.7 Å². The number of nitrogens with one attached hydrogen (secondary N) is 1. The van der Waals surface area contributed by atoms with Crippen molar-refractivity contribution in [1.29, 1.82) is 0 Å². The first-order valence-corrected chi connectivity index (χ1v) is 10.3. The van der Waals surface area contributed by atoms with Crippen LogP contribution in [0.25, 0.3) is 0 Å². The highest BCUT2D eigenvalue weighted by atomic mass is 19.1. The van der Waals surface area contributed by atoms with Gasteiger partial charge in [-0.25, -0.2) is 4.39 Å². The van der Waals surface area contributed by atoms with Crippen molar-refractivity contribution in [3.63, 3.8) is 0 Å². The summed E-state index contributed by atoms with van der Waals surface area (Å²) in [5.74, 6) is 0.0110. The van der Waals surface area contributed by atoms with Crippen molar-refractivity contribution in [1.82, 2.24) is 10.3 Å².